The van der Waals surface area contributed by atoms with Gasteiger partial charge in [0.15, 0.2) is 5.76 Å². The van der Waals surface area contributed by atoms with Crippen LogP contribution in [0.1, 0.15) is 41.0 Å². The molecule has 1 heterocycles. The largest absolute Gasteiger partial charge is 0.508 e. The molecule has 0 saturated heterocycles. The topological polar surface area (TPSA) is 152 Å². The molecule has 3 rings (SSSR count). The van der Waals surface area contributed by atoms with Crippen LogP contribution in [0, 0.1) is 6.92 Å². The number of hydrogen-bond acceptors (Lipinski definition) is 7. The average molecular weight is 452 g/mol. The summed E-state index contributed by atoms with van der Waals surface area (Å²) in [6.45, 7) is 1.56. The fourth-order valence-corrected chi connectivity index (χ4v) is 3.45. The molecule has 2 aromatic carbocycles. The summed E-state index contributed by atoms with van der Waals surface area (Å²) in [5.41, 5.74) is 5.81. The molecule has 3 aromatic rings. The Morgan fingerprint density at radius 1 is 1.06 bits per heavy atom. The van der Waals surface area contributed by atoms with Crippen molar-refractivity contribution in [2.45, 2.75) is 25.3 Å². The monoisotopic (exact) mass is 452 g/mol. The first-order valence-corrected chi connectivity index (χ1v) is 10.0. The molecule has 0 aliphatic heterocycles. The number of primary amides is 1. The Bertz CT molecular complexity index is 1200. The van der Waals surface area contributed by atoms with E-state index in [1.54, 1.807) is 31.2 Å². The maximum atomic E-state index is 13.0. The van der Waals surface area contributed by atoms with E-state index in [0.717, 1.165) is 6.07 Å². The van der Waals surface area contributed by atoms with Crippen LogP contribution in [0.2, 0.25) is 0 Å². The number of nitrogens with one attached hydrogen (secondary N) is 1. The summed E-state index contributed by atoms with van der Waals surface area (Å²) in [6, 6.07) is 12.4. The van der Waals surface area contributed by atoms with E-state index in [-0.39, 0.29) is 23.7 Å². The van der Waals surface area contributed by atoms with E-state index in [4.69, 9.17) is 14.9 Å². The molecule has 0 fully saturated rings. The molecule has 0 bridgehead atoms. The lowest BCUT2D eigenvalue weighted by molar-refractivity contribution is -0.127. The molecule has 2 amide bonds. The van der Waals surface area contributed by atoms with E-state index in [1.807, 2.05) is 0 Å². The summed E-state index contributed by atoms with van der Waals surface area (Å²) in [5.74, 6) is -2.02. The molecule has 5 N–H and O–H groups in total. The second kappa shape index (κ2) is 9.90. The molecular formula is C24H24N2O7. The van der Waals surface area contributed by atoms with Gasteiger partial charge in [-0.25, -0.2) is 0 Å². The number of aryl methyl sites for hydroxylation is 1. The number of nitrogens with two attached hydrogens (primary N) is 1. The van der Waals surface area contributed by atoms with E-state index in [0.29, 0.717) is 16.9 Å². The van der Waals surface area contributed by atoms with E-state index < -0.39 is 35.0 Å². The molecule has 9 heteroatoms. The maximum Gasteiger partial charge on any atom is 0.244 e. The first-order valence-electron chi connectivity index (χ1n) is 10.0. The first-order chi connectivity index (χ1) is 15.7. The number of hydrogen-bond donors (Lipinski definition) is 4. The number of benzene rings is 2. The Labute approximate surface area is 189 Å². The van der Waals surface area contributed by atoms with E-state index in [2.05, 4.69) is 5.32 Å². The van der Waals surface area contributed by atoms with E-state index in [9.17, 15) is 24.6 Å². The van der Waals surface area contributed by atoms with Gasteiger partial charge in [-0.1, -0.05) is 24.3 Å². The quantitative estimate of drug-likeness (QED) is 0.409. The van der Waals surface area contributed by atoms with Gasteiger partial charge in [-0.15, -0.1) is 0 Å². The van der Waals surface area contributed by atoms with E-state index >= 15 is 0 Å². The zero-order valence-electron chi connectivity index (χ0n) is 18.1. The van der Waals surface area contributed by atoms with Crippen LogP contribution < -0.4 is 21.2 Å². The molecule has 9 nitrogen and oxygen atoms in total. The zero-order valence-corrected chi connectivity index (χ0v) is 18.1. The Kier molecular flexibility index (Phi) is 7.02. The molecule has 0 radical (unpaired) electrons. The summed E-state index contributed by atoms with van der Waals surface area (Å²) < 4.78 is 10.8. The minimum absolute atomic E-state index is 0.00202. The summed E-state index contributed by atoms with van der Waals surface area (Å²) in [4.78, 5) is 37.1. The minimum Gasteiger partial charge on any atom is -0.508 e. The van der Waals surface area contributed by atoms with Crippen molar-refractivity contribution < 1.29 is 29.0 Å². The van der Waals surface area contributed by atoms with Crippen LogP contribution in [0.3, 0.4) is 0 Å². The normalized spacial score (nSPS) is 12.5. The zero-order chi connectivity index (χ0) is 24.1. The lowest BCUT2D eigenvalue weighted by atomic mass is 9.91. The van der Waals surface area contributed by atoms with Crippen LogP contribution >= 0.6 is 0 Å². The molecule has 0 aliphatic rings. The molecule has 0 aliphatic carbocycles. The SMILES string of the molecule is COc1ccc(C(CC(=O)NC(C(N)=O)c2ccc(O)cc2)c2oc(C)cc(=O)c2O)cc1. The Morgan fingerprint density at radius 2 is 1.67 bits per heavy atom. The van der Waals surface area contributed by atoms with Crippen molar-refractivity contribution in [1.82, 2.24) is 5.32 Å². The number of phenols is 1. The van der Waals surface area contributed by atoms with Gasteiger partial charge < -0.3 is 30.4 Å². The average Bonchev–Trinajstić information content (AvgIpc) is 2.79. The number of phenolic OH excluding ortho intramolecular Hbond substituents is 1. The predicted molar refractivity (Wildman–Crippen MR) is 119 cm³/mol. The second-order valence-corrected chi connectivity index (χ2v) is 7.46. The molecule has 0 spiro atoms. The third-order valence-corrected chi connectivity index (χ3v) is 5.11. The van der Waals surface area contributed by atoms with Crippen molar-refractivity contribution in [3.8, 4) is 17.2 Å². The number of methoxy groups -OCH3 is 1. The van der Waals surface area contributed by atoms with Crippen molar-refractivity contribution >= 4 is 11.8 Å². The number of carbonyl (C=O) groups excluding carboxylic acids is 2. The highest BCUT2D eigenvalue weighted by molar-refractivity contribution is 5.88. The van der Waals surface area contributed by atoms with Gasteiger partial charge in [-0.3, -0.25) is 14.4 Å². The van der Waals surface area contributed by atoms with Gasteiger partial charge in [0.1, 0.15) is 23.3 Å². The van der Waals surface area contributed by atoms with Crippen LogP contribution in [0.5, 0.6) is 17.2 Å². The van der Waals surface area contributed by atoms with Gasteiger partial charge in [-0.2, -0.15) is 0 Å². The lowest BCUT2D eigenvalue weighted by Crippen LogP contribution is -2.38. The van der Waals surface area contributed by atoms with Crippen molar-refractivity contribution in [2.75, 3.05) is 7.11 Å². The number of carbonyl (C=O) groups is 2. The van der Waals surface area contributed by atoms with Crippen LogP contribution in [0.25, 0.3) is 0 Å². The molecule has 172 valence electrons. The first kappa shape index (κ1) is 23.4. The van der Waals surface area contributed by atoms with E-state index in [1.165, 1.54) is 31.4 Å². The lowest BCUT2D eigenvalue weighted by Gasteiger charge is -2.20. The van der Waals surface area contributed by atoms with Crippen LogP contribution in [0.4, 0.5) is 0 Å². The molecule has 1 aromatic heterocycles. The third-order valence-electron chi connectivity index (χ3n) is 5.11. The van der Waals surface area contributed by atoms with Crippen molar-refractivity contribution in [1.29, 1.82) is 0 Å². The molecular weight excluding hydrogens is 428 g/mol. The fraction of sp³-hybridized carbons (Fsp3) is 0.208. The maximum absolute atomic E-state index is 13.0. The Morgan fingerprint density at radius 3 is 2.24 bits per heavy atom. The van der Waals surface area contributed by atoms with Gasteiger partial charge in [0.2, 0.25) is 23.0 Å². The number of ether oxygens (including phenoxy) is 1. The smallest absolute Gasteiger partial charge is 0.244 e. The second-order valence-electron chi connectivity index (χ2n) is 7.46. The Balaban J connectivity index is 1.95. The van der Waals surface area contributed by atoms with Gasteiger partial charge in [0.05, 0.1) is 13.0 Å². The molecule has 0 saturated carbocycles. The highest BCUT2D eigenvalue weighted by Crippen LogP contribution is 2.34. The Hall–Kier alpha value is -4.27. The van der Waals surface area contributed by atoms with Crippen molar-refractivity contribution in [3.63, 3.8) is 0 Å². The fourth-order valence-electron chi connectivity index (χ4n) is 3.45. The van der Waals surface area contributed by atoms with Crippen LogP contribution in [-0.2, 0) is 9.59 Å². The highest BCUT2D eigenvalue weighted by Gasteiger charge is 2.28. The predicted octanol–water partition coefficient (Wildman–Crippen LogP) is 2.23. The van der Waals surface area contributed by atoms with Crippen molar-refractivity contribution in [2.24, 2.45) is 5.73 Å². The van der Waals surface area contributed by atoms with Gasteiger partial charge >= 0.3 is 0 Å². The van der Waals surface area contributed by atoms with Gasteiger partial charge in [-0.05, 0) is 42.3 Å². The molecule has 2 atom stereocenters. The van der Waals surface area contributed by atoms with Crippen LogP contribution in [-0.4, -0.2) is 29.1 Å². The highest BCUT2D eigenvalue weighted by atomic mass is 16.5. The van der Waals surface area contributed by atoms with Crippen molar-refractivity contribution in [3.05, 3.63) is 87.5 Å². The van der Waals surface area contributed by atoms with Gasteiger partial charge in [0, 0.05) is 12.5 Å². The van der Waals surface area contributed by atoms with Gasteiger partial charge in [0.25, 0.3) is 0 Å². The molecule has 2 unspecified atom stereocenters. The standard InChI is InChI=1S/C24H24N2O7/c1-13-11-19(28)22(30)23(33-13)18(14-5-9-17(32-2)10-6-14)12-20(29)26-21(24(25)31)15-3-7-16(27)8-4-15/h3-11,18,21,27,30H,12H2,1-2H3,(H2,25,31)(H,26,29). The number of amides is 2. The summed E-state index contributed by atoms with van der Waals surface area (Å²) in [7, 11) is 1.51. The summed E-state index contributed by atoms with van der Waals surface area (Å²) in [5, 5.41) is 22.4. The minimum atomic E-state index is -1.15. The summed E-state index contributed by atoms with van der Waals surface area (Å²) >= 11 is 0. The third kappa shape index (κ3) is 5.51. The molecule has 33 heavy (non-hydrogen) atoms. The van der Waals surface area contributed by atoms with Crippen LogP contribution in [0.15, 0.2) is 63.8 Å². The summed E-state index contributed by atoms with van der Waals surface area (Å²) in [6.07, 6.45) is -0.256. The number of aromatic hydroxyl groups is 2. The number of rotatable bonds is 8.